The molecule has 6 nitrogen and oxygen atoms in total. The number of amides is 1. The minimum atomic E-state index is -3.83. The van der Waals surface area contributed by atoms with E-state index in [1.54, 1.807) is 0 Å². The second kappa shape index (κ2) is 4.95. The smallest absolute Gasteiger partial charge is 0.264 e. The molecule has 0 aliphatic heterocycles. The summed E-state index contributed by atoms with van der Waals surface area (Å²) in [6.07, 6.45) is 0. The lowest BCUT2D eigenvalue weighted by Gasteiger charge is -2.06. The highest BCUT2D eigenvalue weighted by Gasteiger charge is 2.16. The zero-order valence-corrected chi connectivity index (χ0v) is 9.45. The number of benzene rings is 1. The van der Waals surface area contributed by atoms with Gasteiger partial charge >= 0.3 is 0 Å². The molecule has 0 heterocycles. The number of hydrogen-bond donors (Lipinski definition) is 2. The Balaban J connectivity index is 2.94. The van der Waals surface area contributed by atoms with Crippen LogP contribution in [0.4, 0.5) is 0 Å². The van der Waals surface area contributed by atoms with Crippen LogP contribution in [-0.4, -0.2) is 28.0 Å². The fourth-order valence-corrected chi connectivity index (χ4v) is 2.00. The van der Waals surface area contributed by atoms with Crippen LogP contribution in [0.3, 0.4) is 0 Å². The summed E-state index contributed by atoms with van der Waals surface area (Å²) in [7, 11) is -2.36. The van der Waals surface area contributed by atoms with Gasteiger partial charge < -0.3 is 10.5 Å². The fourth-order valence-electron chi connectivity index (χ4n) is 1.01. The third-order valence-corrected chi connectivity index (χ3v) is 3.19. The van der Waals surface area contributed by atoms with Gasteiger partial charge in [0.05, 0.1) is 18.6 Å². The quantitative estimate of drug-likeness (QED) is 0.741. The molecular formula is C9H12N2O4S. The Hall–Kier alpha value is -1.60. The van der Waals surface area contributed by atoms with E-state index in [2.05, 4.69) is 0 Å². The number of ether oxygens (including phenoxy) is 1. The molecule has 1 aromatic carbocycles. The SMILES string of the molecule is COc1ccc(S(=O)(=O)NC(=O)CN)cc1. The summed E-state index contributed by atoms with van der Waals surface area (Å²) >= 11 is 0. The molecule has 0 atom stereocenters. The van der Waals surface area contributed by atoms with E-state index in [-0.39, 0.29) is 11.4 Å². The molecule has 88 valence electrons. The Morgan fingerprint density at radius 3 is 2.38 bits per heavy atom. The van der Waals surface area contributed by atoms with Crippen LogP contribution in [0.15, 0.2) is 29.2 Å². The predicted molar refractivity (Wildman–Crippen MR) is 57.4 cm³/mol. The lowest BCUT2D eigenvalue weighted by Crippen LogP contribution is -2.35. The number of sulfonamides is 1. The molecule has 3 N–H and O–H groups in total. The van der Waals surface area contributed by atoms with E-state index < -0.39 is 15.9 Å². The second-order valence-electron chi connectivity index (χ2n) is 2.91. The van der Waals surface area contributed by atoms with Crippen molar-refractivity contribution in [3.05, 3.63) is 24.3 Å². The van der Waals surface area contributed by atoms with Gasteiger partial charge in [0, 0.05) is 0 Å². The van der Waals surface area contributed by atoms with Crippen molar-refractivity contribution in [2.45, 2.75) is 4.90 Å². The first-order chi connectivity index (χ1) is 7.49. The molecule has 0 aliphatic carbocycles. The molecule has 1 aromatic rings. The van der Waals surface area contributed by atoms with Gasteiger partial charge in [-0.05, 0) is 24.3 Å². The van der Waals surface area contributed by atoms with Gasteiger partial charge in [-0.3, -0.25) is 4.79 Å². The summed E-state index contributed by atoms with van der Waals surface area (Å²) in [4.78, 5) is 10.9. The summed E-state index contributed by atoms with van der Waals surface area (Å²) in [6.45, 7) is -0.380. The highest BCUT2D eigenvalue weighted by atomic mass is 32.2. The number of rotatable bonds is 4. The lowest BCUT2D eigenvalue weighted by molar-refractivity contribution is -0.118. The average molecular weight is 244 g/mol. The Morgan fingerprint density at radius 2 is 1.94 bits per heavy atom. The van der Waals surface area contributed by atoms with Crippen LogP contribution >= 0.6 is 0 Å². The highest BCUT2D eigenvalue weighted by molar-refractivity contribution is 7.90. The molecule has 1 rings (SSSR count). The van der Waals surface area contributed by atoms with Crippen molar-refractivity contribution in [2.75, 3.05) is 13.7 Å². The molecular weight excluding hydrogens is 232 g/mol. The molecule has 0 saturated heterocycles. The third-order valence-electron chi connectivity index (χ3n) is 1.80. The van der Waals surface area contributed by atoms with Crippen molar-refractivity contribution in [1.82, 2.24) is 4.72 Å². The Bertz CT molecular complexity index is 467. The zero-order chi connectivity index (χ0) is 12.2. The van der Waals surface area contributed by atoms with Crippen molar-refractivity contribution < 1.29 is 17.9 Å². The van der Waals surface area contributed by atoms with Gasteiger partial charge in [-0.2, -0.15) is 0 Å². The average Bonchev–Trinajstić information content (AvgIpc) is 2.28. The van der Waals surface area contributed by atoms with Crippen molar-refractivity contribution >= 4 is 15.9 Å². The molecule has 0 aromatic heterocycles. The van der Waals surface area contributed by atoms with Crippen molar-refractivity contribution in [3.8, 4) is 5.75 Å². The largest absolute Gasteiger partial charge is 0.497 e. The number of carbonyl (C=O) groups excluding carboxylic acids is 1. The minimum absolute atomic E-state index is 0.0184. The van der Waals surface area contributed by atoms with E-state index in [1.807, 2.05) is 4.72 Å². The summed E-state index contributed by atoms with van der Waals surface area (Å²) in [6, 6.07) is 5.65. The molecule has 0 fully saturated rings. The maximum Gasteiger partial charge on any atom is 0.264 e. The number of hydrogen-bond acceptors (Lipinski definition) is 5. The highest BCUT2D eigenvalue weighted by Crippen LogP contribution is 2.14. The van der Waals surface area contributed by atoms with Gasteiger partial charge in [-0.15, -0.1) is 0 Å². The van der Waals surface area contributed by atoms with Crippen molar-refractivity contribution in [2.24, 2.45) is 5.73 Å². The zero-order valence-electron chi connectivity index (χ0n) is 8.64. The maximum absolute atomic E-state index is 11.6. The van der Waals surface area contributed by atoms with Gasteiger partial charge in [0.15, 0.2) is 0 Å². The molecule has 0 spiro atoms. The Morgan fingerprint density at radius 1 is 1.38 bits per heavy atom. The molecule has 0 radical (unpaired) electrons. The summed E-state index contributed by atoms with van der Waals surface area (Å²) in [5.74, 6) is -0.222. The van der Waals surface area contributed by atoms with Crippen LogP contribution in [0.1, 0.15) is 0 Å². The first kappa shape index (κ1) is 12.5. The molecule has 16 heavy (non-hydrogen) atoms. The van der Waals surface area contributed by atoms with E-state index in [0.29, 0.717) is 5.75 Å². The van der Waals surface area contributed by atoms with E-state index >= 15 is 0 Å². The first-order valence-corrected chi connectivity index (χ1v) is 5.87. The normalized spacial score (nSPS) is 10.9. The van der Waals surface area contributed by atoms with E-state index in [0.717, 1.165) is 0 Å². The second-order valence-corrected chi connectivity index (χ2v) is 4.59. The Kier molecular flexibility index (Phi) is 3.86. The standard InChI is InChI=1S/C9H12N2O4S/c1-15-7-2-4-8(5-3-7)16(13,14)11-9(12)6-10/h2-5H,6,10H2,1H3,(H,11,12). The van der Waals surface area contributed by atoms with Crippen molar-refractivity contribution in [1.29, 1.82) is 0 Å². The van der Waals surface area contributed by atoms with E-state index in [9.17, 15) is 13.2 Å². The van der Waals surface area contributed by atoms with Crippen LogP contribution in [0.5, 0.6) is 5.75 Å². The van der Waals surface area contributed by atoms with Crippen LogP contribution in [0.25, 0.3) is 0 Å². The van der Waals surface area contributed by atoms with Crippen LogP contribution < -0.4 is 15.2 Å². The van der Waals surface area contributed by atoms with Crippen molar-refractivity contribution in [3.63, 3.8) is 0 Å². The number of carbonyl (C=O) groups is 1. The fraction of sp³-hybridized carbons (Fsp3) is 0.222. The van der Waals surface area contributed by atoms with Gasteiger partial charge in [-0.25, -0.2) is 13.1 Å². The molecule has 0 aliphatic rings. The van der Waals surface area contributed by atoms with Gasteiger partial charge in [0.25, 0.3) is 10.0 Å². The topological polar surface area (TPSA) is 98.5 Å². The third kappa shape index (κ3) is 2.94. The maximum atomic E-state index is 11.6. The van der Waals surface area contributed by atoms with E-state index in [1.165, 1.54) is 31.4 Å². The van der Waals surface area contributed by atoms with Crippen LogP contribution in [0, 0.1) is 0 Å². The number of nitrogens with two attached hydrogens (primary N) is 1. The molecule has 7 heteroatoms. The summed E-state index contributed by atoms with van der Waals surface area (Å²) in [5.41, 5.74) is 5.01. The lowest BCUT2D eigenvalue weighted by atomic mass is 10.3. The van der Waals surface area contributed by atoms with Crippen LogP contribution in [-0.2, 0) is 14.8 Å². The van der Waals surface area contributed by atoms with Gasteiger partial charge in [-0.1, -0.05) is 0 Å². The predicted octanol–water partition coefficient (Wildman–Crippen LogP) is -0.541. The van der Waals surface area contributed by atoms with Crippen LogP contribution in [0.2, 0.25) is 0 Å². The summed E-state index contributed by atoms with van der Waals surface area (Å²) in [5, 5.41) is 0. The molecule has 0 saturated carbocycles. The first-order valence-electron chi connectivity index (χ1n) is 4.39. The molecule has 0 bridgehead atoms. The molecule has 0 unspecified atom stereocenters. The van der Waals surface area contributed by atoms with E-state index in [4.69, 9.17) is 10.5 Å². The minimum Gasteiger partial charge on any atom is -0.497 e. The Labute approximate surface area is 93.5 Å². The number of methoxy groups -OCH3 is 1. The molecule has 1 amide bonds. The number of nitrogens with one attached hydrogen (secondary N) is 1. The van der Waals surface area contributed by atoms with Gasteiger partial charge in [0.2, 0.25) is 5.91 Å². The monoisotopic (exact) mass is 244 g/mol. The van der Waals surface area contributed by atoms with Gasteiger partial charge in [0.1, 0.15) is 5.75 Å². The summed E-state index contributed by atoms with van der Waals surface area (Å²) < 4.78 is 29.9.